The number of alkyl halides is 3. The van der Waals surface area contributed by atoms with E-state index in [2.05, 4.69) is 5.32 Å². The Balaban J connectivity index is 0.00000288. The second-order valence-corrected chi connectivity index (χ2v) is 5.70. The second kappa shape index (κ2) is 8.78. The summed E-state index contributed by atoms with van der Waals surface area (Å²) in [6, 6.07) is 2.69. The van der Waals surface area contributed by atoms with E-state index in [0.717, 1.165) is 5.56 Å². The standard InChI is InChI=1S/C16H23F3N2O2.ClH/c1-11-8-13(22-2)15(14(9-11)23-3)12(10-16(17,18)19)21-6-4-20-5-7-21;/h8-9,12,20H,4-7,10H2,1-3H3;1H/t12-;/m0./s1. The smallest absolute Gasteiger partial charge is 0.390 e. The fourth-order valence-corrected chi connectivity index (χ4v) is 3.03. The van der Waals surface area contributed by atoms with Crippen LogP contribution in [0.5, 0.6) is 11.5 Å². The fourth-order valence-electron chi connectivity index (χ4n) is 3.03. The number of aryl methyl sites for hydroxylation is 1. The molecule has 0 radical (unpaired) electrons. The zero-order valence-corrected chi connectivity index (χ0v) is 14.9. The average molecular weight is 369 g/mol. The zero-order valence-electron chi connectivity index (χ0n) is 14.1. The van der Waals surface area contributed by atoms with Crippen molar-refractivity contribution in [1.29, 1.82) is 0 Å². The van der Waals surface area contributed by atoms with Gasteiger partial charge in [0, 0.05) is 26.2 Å². The van der Waals surface area contributed by atoms with Gasteiger partial charge in [0.15, 0.2) is 0 Å². The van der Waals surface area contributed by atoms with Gasteiger partial charge in [0.05, 0.1) is 32.2 Å². The van der Waals surface area contributed by atoms with E-state index in [9.17, 15) is 13.2 Å². The van der Waals surface area contributed by atoms with Gasteiger partial charge >= 0.3 is 6.18 Å². The number of nitrogens with one attached hydrogen (secondary N) is 1. The number of methoxy groups -OCH3 is 2. The van der Waals surface area contributed by atoms with Crippen molar-refractivity contribution in [3.8, 4) is 11.5 Å². The summed E-state index contributed by atoms with van der Waals surface area (Å²) in [5.41, 5.74) is 1.35. The first-order chi connectivity index (χ1) is 10.9. The molecule has 24 heavy (non-hydrogen) atoms. The number of piperazine rings is 1. The predicted molar refractivity (Wildman–Crippen MR) is 89.4 cm³/mol. The Bertz CT molecular complexity index is 510. The summed E-state index contributed by atoms with van der Waals surface area (Å²) in [4.78, 5) is 1.85. The van der Waals surface area contributed by atoms with Gasteiger partial charge in [-0.05, 0) is 24.6 Å². The van der Waals surface area contributed by atoms with Crippen molar-refractivity contribution in [2.75, 3.05) is 40.4 Å². The van der Waals surface area contributed by atoms with Gasteiger partial charge in [-0.3, -0.25) is 4.90 Å². The van der Waals surface area contributed by atoms with Gasteiger partial charge in [0.25, 0.3) is 0 Å². The molecule has 0 aromatic heterocycles. The van der Waals surface area contributed by atoms with E-state index in [1.807, 2.05) is 11.8 Å². The highest BCUT2D eigenvalue weighted by Crippen LogP contribution is 2.43. The Hall–Kier alpha value is -1.18. The molecule has 0 saturated carbocycles. The summed E-state index contributed by atoms with van der Waals surface area (Å²) in [7, 11) is 2.94. The summed E-state index contributed by atoms with van der Waals surface area (Å²) in [6.07, 6.45) is -5.20. The van der Waals surface area contributed by atoms with Crippen molar-refractivity contribution in [2.24, 2.45) is 0 Å². The van der Waals surface area contributed by atoms with Crippen LogP contribution >= 0.6 is 12.4 Å². The van der Waals surface area contributed by atoms with Crippen LogP contribution in [0.1, 0.15) is 23.6 Å². The van der Waals surface area contributed by atoms with Gasteiger partial charge in [0.1, 0.15) is 11.5 Å². The van der Waals surface area contributed by atoms with E-state index in [0.29, 0.717) is 43.2 Å². The first-order valence-corrected chi connectivity index (χ1v) is 7.59. The van der Waals surface area contributed by atoms with E-state index < -0.39 is 18.6 Å². The average Bonchev–Trinajstić information content (AvgIpc) is 2.52. The molecule has 1 saturated heterocycles. The maximum atomic E-state index is 13.2. The number of ether oxygens (including phenoxy) is 2. The highest BCUT2D eigenvalue weighted by molar-refractivity contribution is 5.85. The maximum Gasteiger partial charge on any atom is 0.390 e. The molecule has 2 rings (SSSR count). The molecule has 1 aromatic carbocycles. The van der Waals surface area contributed by atoms with Crippen LogP contribution in [-0.2, 0) is 0 Å². The normalized spacial score (nSPS) is 17.1. The first kappa shape index (κ1) is 20.9. The van der Waals surface area contributed by atoms with Crippen LogP contribution in [0, 0.1) is 6.92 Å². The molecule has 0 unspecified atom stereocenters. The number of hydrogen-bond acceptors (Lipinski definition) is 4. The molecule has 1 atom stereocenters. The number of nitrogens with zero attached hydrogens (tertiary/aromatic N) is 1. The number of rotatable bonds is 5. The Morgan fingerprint density at radius 1 is 1.12 bits per heavy atom. The molecule has 0 amide bonds. The van der Waals surface area contributed by atoms with Crippen LogP contribution < -0.4 is 14.8 Å². The lowest BCUT2D eigenvalue weighted by molar-refractivity contribution is -0.149. The van der Waals surface area contributed by atoms with Crippen molar-refractivity contribution in [2.45, 2.75) is 25.6 Å². The van der Waals surface area contributed by atoms with Crippen LogP contribution in [0.4, 0.5) is 13.2 Å². The van der Waals surface area contributed by atoms with E-state index in [-0.39, 0.29) is 12.4 Å². The van der Waals surface area contributed by atoms with Gasteiger partial charge in [0.2, 0.25) is 0 Å². The largest absolute Gasteiger partial charge is 0.496 e. The minimum Gasteiger partial charge on any atom is -0.496 e. The molecule has 4 nitrogen and oxygen atoms in total. The monoisotopic (exact) mass is 368 g/mol. The van der Waals surface area contributed by atoms with Gasteiger partial charge in [-0.1, -0.05) is 0 Å². The molecule has 1 aliphatic heterocycles. The van der Waals surface area contributed by atoms with Gasteiger partial charge in [-0.25, -0.2) is 0 Å². The molecule has 0 spiro atoms. The van der Waals surface area contributed by atoms with Crippen molar-refractivity contribution < 1.29 is 22.6 Å². The van der Waals surface area contributed by atoms with Gasteiger partial charge < -0.3 is 14.8 Å². The Morgan fingerprint density at radius 2 is 1.62 bits per heavy atom. The third kappa shape index (κ3) is 5.16. The molecule has 8 heteroatoms. The first-order valence-electron chi connectivity index (χ1n) is 7.59. The van der Waals surface area contributed by atoms with E-state index in [1.54, 1.807) is 12.1 Å². The number of hydrogen-bond donors (Lipinski definition) is 1. The van der Waals surface area contributed by atoms with Gasteiger partial charge in [-0.2, -0.15) is 13.2 Å². The van der Waals surface area contributed by atoms with Crippen LogP contribution in [0.25, 0.3) is 0 Å². The molecular weight excluding hydrogens is 345 g/mol. The van der Waals surface area contributed by atoms with Crippen molar-refractivity contribution in [3.63, 3.8) is 0 Å². The molecule has 1 aliphatic rings. The van der Waals surface area contributed by atoms with Crippen LogP contribution in [0.2, 0.25) is 0 Å². The van der Waals surface area contributed by atoms with E-state index >= 15 is 0 Å². The minimum atomic E-state index is -4.27. The van der Waals surface area contributed by atoms with Crippen LogP contribution in [0.3, 0.4) is 0 Å². The molecule has 1 heterocycles. The third-order valence-electron chi connectivity index (χ3n) is 4.04. The summed E-state index contributed by atoms with van der Waals surface area (Å²) in [5, 5.41) is 3.16. The number of halogens is 4. The number of benzene rings is 1. The summed E-state index contributed by atoms with van der Waals surface area (Å²) >= 11 is 0. The summed E-state index contributed by atoms with van der Waals surface area (Å²) < 4.78 is 50.2. The maximum absolute atomic E-state index is 13.2. The SMILES string of the molecule is COc1cc(C)cc(OC)c1[C@H](CC(F)(F)F)N1CCNCC1.Cl. The van der Waals surface area contributed by atoms with E-state index in [1.165, 1.54) is 14.2 Å². The fraction of sp³-hybridized carbons (Fsp3) is 0.625. The minimum absolute atomic E-state index is 0. The molecule has 138 valence electrons. The molecule has 0 bridgehead atoms. The van der Waals surface area contributed by atoms with Gasteiger partial charge in [-0.15, -0.1) is 12.4 Å². The lowest BCUT2D eigenvalue weighted by Crippen LogP contribution is -2.46. The highest BCUT2D eigenvalue weighted by Gasteiger charge is 2.38. The third-order valence-corrected chi connectivity index (χ3v) is 4.04. The van der Waals surface area contributed by atoms with Crippen LogP contribution in [-0.4, -0.2) is 51.5 Å². The molecule has 1 aromatic rings. The molecular formula is C16H24ClF3N2O2. The Kier molecular flexibility index (Phi) is 7.63. The Labute approximate surface area is 146 Å². The van der Waals surface area contributed by atoms with Crippen molar-refractivity contribution in [3.05, 3.63) is 23.3 Å². The molecule has 1 N–H and O–H groups in total. The lowest BCUT2D eigenvalue weighted by Gasteiger charge is -2.36. The van der Waals surface area contributed by atoms with E-state index in [4.69, 9.17) is 9.47 Å². The predicted octanol–water partition coefficient (Wildman–Crippen LogP) is 3.33. The van der Waals surface area contributed by atoms with Crippen molar-refractivity contribution in [1.82, 2.24) is 10.2 Å². The zero-order chi connectivity index (χ0) is 17.0. The summed E-state index contributed by atoms with van der Waals surface area (Å²) in [6.45, 7) is 4.32. The van der Waals surface area contributed by atoms with Crippen LogP contribution in [0.15, 0.2) is 12.1 Å². The van der Waals surface area contributed by atoms with Crippen molar-refractivity contribution >= 4 is 12.4 Å². The molecule has 0 aliphatic carbocycles. The topological polar surface area (TPSA) is 33.7 Å². The highest BCUT2D eigenvalue weighted by atomic mass is 35.5. The quantitative estimate of drug-likeness (QED) is 0.864. The molecule has 1 fully saturated rings. The second-order valence-electron chi connectivity index (χ2n) is 5.70. The summed E-state index contributed by atoms with van der Waals surface area (Å²) in [5.74, 6) is 0.879. The Morgan fingerprint density at radius 3 is 2.04 bits per heavy atom. The lowest BCUT2D eigenvalue weighted by atomic mass is 9.97.